The molecular formula is C22H23F2N5O2S. The van der Waals surface area contributed by atoms with Crippen molar-refractivity contribution in [3.05, 3.63) is 47.8 Å². The van der Waals surface area contributed by atoms with E-state index >= 15 is 0 Å². The van der Waals surface area contributed by atoms with E-state index in [1.54, 1.807) is 21.8 Å². The number of pyridine rings is 1. The van der Waals surface area contributed by atoms with E-state index in [4.69, 9.17) is 0 Å². The van der Waals surface area contributed by atoms with E-state index in [1.165, 1.54) is 12.3 Å². The molecule has 3 heterocycles. The Morgan fingerprint density at radius 2 is 1.97 bits per heavy atom. The van der Waals surface area contributed by atoms with Gasteiger partial charge in [0.25, 0.3) is 0 Å². The fourth-order valence-corrected chi connectivity index (χ4v) is 4.95. The summed E-state index contributed by atoms with van der Waals surface area (Å²) in [5, 5.41) is 5.41. The summed E-state index contributed by atoms with van der Waals surface area (Å²) in [7, 11) is -2.77. The number of piperidine rings is 1. The number of benzene rings is 1. The van der Waals surface area contributed by atoms with Crippen LogP contribution in [0.5, 0.6) is 0 Å². The first-order valence-electron chi connectivity index (χ1n) is 10.3. The summed E-state index contributed by atoms with van der Waals surface area (Å²) < 4.78 is 43.1. The summed E-state index contributed by atoms with van der Waals surface area (Å²) in [6, 6.07) is 4.72. The van der Waals surface area contributed by atoms with Crippen LogP contribution in [0.3, 0.4) is 0 Å². The number of carbonyl (C=O) groups excluding carboxylic acids is 1. The maximum absolute atomic E-state index is 14.7. The quantitative estimate of drug-likeness (QED) is 0.589. The first-order valence-corrected chi connectivity index (χ1v) is 12.2. The Labute approximate surface area is 185 Å². The van der Waals surface area contributed by atoms with E-state index in [2.05, 4.69) is 20.3 Å². The topological polar surface area (TPSA) is 88.1 Å². The summed E-state index contributed by atoms with van der Waals surface area (Å²) in [6.07, 6.45) is 5.91. The third-order valence-electron chi connectivity index (χ3n) is 5.72. The van der Waals surface area contributed by atoms with Gasteiger partial charge in [-0.1, -0.05) is 6.92 Å². The van der Waals surface area contributed by atoms with Crippen molar-refractivity contribution in [3.8, 4) is 11.3 Å². The van der Waals surface area contributed by atoms with Crippen LogP contribution in [0.25, 0.3) is 22.2 Å². The molecule has 0 bridgehead atoms. The van der Waals surface area contributed by atoms with Gasteiger partial charge in [-0.3, -0.25) is 4.98 Å². The van der Waals surface area contributed by atoms with Gasteiger partial charge in [0.05, 0.1) is 6.20 Å². The summed E-state index contributed by atoms with van der Waals surface area (Å²) in [5.74, 6) is -0.970. The molecule has 1 N–H and O–H groups in total. The molecule has 4 rings (SSSR count). The molecule has 7 nitrogen and oxygen atoms in total. The highest BCUT2D eigenvalue weighted by molar-refractivity contribution is 7.97. The second-order valence-electron chi connectivity index (χ2n) is 7.80. The Morgan fingerprint density at radius 3 is 2.66 bits per heavy atom. The molecular weight excluding hydrogens is 436 g/mol. The predicted octanol–water partition coefficient (Wildman–Crippen LogP) is 3.31. The molecule has 1 saturated heterocycles. The van der Waals surface area contributed by atoms with Gasteiger partial charge >= 0.3 is 0 Å². The highest BCUT2D eigenvalue weighted by Gasteiger charge is 2.24. The van der Waals surface area contributed by atoms with Crippen LogP contribution in [-0.2, 0) is 20.9 Å². The van der Waals surface area contributed by atoms with Gasteiger partial charge in [-0.15, -0.1) is 0 Å². The van der Waals surface area contributed by atoms with Crippen LogP contribution in [0.4, 0.5) is 14.7 Å². The summed E-state index contributed by atoms with van der Waals surface area (Å²) in [4.78, 5) is 23.3. The van der Waals surface area contributed by atoms with E-state index in [-0.39, 0.29) is 23.2 Å². The number of nitrogens with one attached hydrogen (secondary N) is 1. The fraction of sp³-hybridized carbons (Fsp3) is 0.364. The summed E-state index contributed by atoms with van der Waals surface area (Å²) >= 11 is 0. The molecule has 10 heteroatoms. The van der Waals surface area contributed by atoms with Gasteiger partial charge in [0.2, 0.25) is 11.2 Å². The molecule has 168 valence electrons. The number of rotatable bonds is 5. The van der Waals surface area contributed by atoms with Gasteiger partial charge in [-0.25, -0.2) is 32.1 Å². The maximum atomic E-state index is 14.7. The van der Waals surface area contributed by atoms with E-state index in [1.807, 2.05) is 13.0 Å². The predicted molar refractivity (Wildman–Crippen MR) is 120 cm³/mol. The molecule has 1 atom stereocenters. The van der Waals surface area contributed by atoms with Crippen LogP contribution in [0.2, 0.25) is 0 Å². The monoisotopic (exact) mass is 459 g/mol. The lowest BCUT2D eigenvalue weighted by molar-refractivity contribution is 0.344. The molecule has 0 aliphatic carbocycles. The number of fused-ring (bicyclic) bond motifs is 1. The Hall–Kier alpha value is -2.94. The molecule has 0 radical (unpaired) electrons. The molecule has 1 aromatic carbocycles. The maximum Gasteiger partial charge on any atom is 0.223 e. The average Bonchev–Trinajstić information content (AvgIpc) is 2.80. The standard InChI is InChI=1S/C22H23F2N5O2S/c1-3-14-4-7-25-21-17(14)10-15(11-18(21)23)20-19(24)12-26-22(28-20)27-16-5-8-29(9-6-16)32(2,31)13-30/h4,7,10-12,16H,3,5-6,8-9H2,1-2H3,(H,26,27,28). The second-order valence-corrected chi connectivity index (χ2v) is 10.1. The second kappa shape index (κ2) is 8.90. The molecule has 1 aliphatic heterocycles. The van der Waals surface area contributed by atoms with E-state index in [9.17, 15) is 17.8 Å². The van der Waals surface area contributed by atoms with Crippen LogP contribution in [-0.4, -0.2) is 54.1 Å². The minimum absolute atomic E-state index is 0.00113. The lowest BCUT2D eigenvalue weighted by Gasteiger charge is -2.31. The van der Waals surface area contributed by atoms with Gasteiger partial charge in [0.15, 0.2) is 5.82 Å². The van der Waals surface area contributed by atoms with Crippen molar-refractivity contribution in [3.63, 3.8) is 0 Å². The summed E-state index contributed by atoms with van der Waals surface area (Å²) in [5.41, 5.74) is 1.46. The number of aryl methyl sites for hydroxylation is 1. The minimum Gasteiger partial charge on any atom is -0.351 e. The Morgan fingerprint density at radius 1 is 1.22 bits per heavy atom. The van der Waals surface area contributed by atoms with Gasteiger partial charge in [-0.05, 0) is 43.0 Å². The normalized spacial score (nSPS) is 17.1. The van der Waals surface area contributed by atoms with E-state index < -0.39 is 21.3 Å². The number of nitrogens with zero attached hydrogens (tertiary/aromatic N) is 4. The van der Waals surface area contributed by atoms with Gasteiger partial charge in [0, 0.05) is 42.5 Å². The largest absolute Gasteiger partial charge is 0.351 e. The molecule has 1 aliphatic rings. The van der Waals surface area contributed by atoms with Crippen LogP contribution in [0.15, 0.2) is 30.6 Å². The molecule has 0 spiro atoms. The Balaban J connectivity index is 1.60. The zero-order valence-corrected chi connectivity index (χ0v) is 18.6. The van der Waals surface area contributed by atoms with Gasteiger partial charge in [0.1, 0.15) is 26.7 Å². The Kier molecular flexibility index (Phi) is 6.19. The van der Waals surface area contributed by atoms with Crippen molar-refractivity contribution in [2.24, 2.45) is 0 Å². The average molecular weight is 460 g/mol. The Bertz CT molecular complexity index is 1310. The minimum atomic E-state index is -2.77. The number of anilines is 1. The zero-order chi connectivity index (χ0) is 22.9. The van der Waals surface area contributed by atoms with Crippen LogP contribution in [0, 0.1) is 11.6 Å². The lowest BCUT2D eigenvalue weighted by Crippen LogP contribution is -2.42. The van der Waals surface area contributed by atoms with Gasteiger partial charge in [-0.2, -0.15) is 0 Å². The molecule has 1 fully saturated rings. The van der Waals surface area contributed by atoms with Crippen LogP contribution in [0.1, 0.15) is 25.3 Å². The third kappa shape index (κ3) is 4.34. The van der Waals surface area contributed by atoms with E-state index in [0.29, 0.717) is 43.3 Å². The molecule has 3 aromatic rings. The SMILES string of the molecule is CCc1ccnc2c(F)cc(-c3nc(NC4CCN(S(C)(=O)=C=O)CC4)ncc3F)cc12. The number of hydrogen-bond acceptors (Lipinski definition) is 6. The molecule has 1 unspecified atom stereocenters. The molecule has 0 saturated carbocycles. The third-order valence-corrected chi connectivity index (χ3v) is 7.38. The van der Waals surface area contributed by atoms with Gasteiger partial charge < -0.3 is 5.32 Å². The molecule has 32 heavy (non-hydrogen) atoms. The highest BCUT2D eigenvalue weighted by atomic mass is 32.2. The number of halogens is 2. The van der Waals surface area contributed by atoms with Crippen molar-refractivity contribution in [1.82, 2.24) is 19.3 Å². The highest BCUT2D eigenvalue weighted by Crippen LogP contribution is 2.29. The van der Waals surface area contributed by atoms with Crippen molar-refractivity contribution < 1.29 is 17.8 Å². The van der Waals surface area contributed by atoms with Crippen molar-refractivity contribution >= 4 is 31.8 Å². The fourth-order valence-electron chi connectivity index (χ4n) is 3.93. The zero-order valence-electron chi connectivity index (χ0n) is 17.8. The first-order chi connectivity index (χ1) is 15.3. The molecule has 2 aromatic heterocycles. The van der Waals surface area contributed by atoms with E-state index in [0.717, 1.165) is 11.8 Å². The first kappa shape index (κ1) is 22.3. The summed E-state index contributed by atoms with van der Waals surface area (Å²) in [6.45, 7) is 2.87. The van der Waals surface area contributed by atoms with Crippen molar-refractivity contribution in [2.75, 3.05) is 24.7 Å². The van der Waals surface area contributed by atoms with Crippen LogP contribution < -0.4 is 5.32 Å². The number of hydrogen-bond donors (Lipinski definition) is 1. The lowest BCUT2D eigenvalue weighted by atomic mass is 10.0. The number of aromatic nitrogens is 3. The smallest absolute Gasteiger partial charge is 0.223 e. The van der Waals surface area contributed by atoms with Crippen LogP contribution >= 0.6 is 0 Å². The van der Waals surface area contributed by atoms with Crippen molar-refractivity contribution in [2.45, 2.75) is 32.2 Å². The molecule has 0 amide bonds. The van der Waals surface area contributed by atoms with Crippen molar-refractivity contribution in [1.29, 1.82) is 0 Å².